The zero-order valence-corrected chi connectivity index (χ0v) is 19.8. The van der Waals surface area contributed by atoms with E-state index in [0.717, 1.165) is 22.6 Å². The van der Waals surface area contributed by atoms with Crippen LogP contribution in [0.1, 0.15) is 35.1 Å². The van der Waals surface area contributed by atoms with E-state index in [-0.39, 0.29) is 5.25 Å². The van der Waals surface area contributed by atoms with Crippen LogP contribution in [-0.2, 0) is 11.5 Å². The van der Waals surface area contributed by atoms with E-state index in [1.165, 1.54) is 11.1 Å². The molecule has 0 saturated heterocycles. The average molecular weight is 461 g/mol. The van der Waals surface area contributed by atoms with E-state index < -0.39 is 12.2 Å². The molecule has 162 valence electrons. The molecule has 0 aliphatic carbocycles. The monoisotopic (exact) mass is 460 g/mol. The largest absolute Gasteiger partial charge is 0.392 e. The quantitative estimate of drug-likeness (QED) is 0.305. The van der Waals surface area contributed by atoms with Gasteiger partial charge in [-0.15, -0.1) is 0 Å². The lowest BCUT2D eigenvalue weighted by molar-refractivity contribution is 0.161. The van der Waals surface area contributed by atoms with Crippen molar-refractivity contribution < 1.29 is 10.2 Å². The fraction of sp³-hybridized carbons (Fsp3) is 0.360. The summed E-state index contributed by atoms with van der Waals surface area (Å²) in [4.78, 5) is 0. The molecule has 0 saturated carbocycles. The van der Waals surface area contributed by atoms with Gasteiger partial charge < -0.3 is 10.2 Å². The minimum Gasteiger partial charge on any atom is -0.392 e. The summed E-state index contributed by atoms with van der Waals surface area (Å²) in [7, 11) is 0. The van der Waals surface area contributed by atoms with Crippen molar-refractivity contribution in [2.24, 2.45) is 0 Å². The molecule has 30 heavy (non-hydrogen) atoms. The van der Waals surface area contributed by atoms with Crippen LogP contribution in [0.25, 0.3) is 12.2 Å². The number of aliphatic hydroxyl groups excluding tert-OH is 2. The van der Waals surface area contributed by atoms with Gasteiger partial charge in [0.25, 0.3) is 0 Å². The second kappa shape index (κ2) is 14.0. The van der Waals surface area contributed by atoms with Gasteiger partial charge in [-0.2, -0.15) is 36.2 Å². The van der Waals surface area contributed by atoms with Crippen LogP contribution >= 0.6 is 36.2 Å². The fourth-order valence-electron chi connectivity index (χ4n) is 2.99. The van der Waals surface area contributed by atoms with Gasteiger partial charge in [0, 0.05) is 28.3 Å². The molecule has 2 aromatic carbocycles. The van der Waals surface area contributed by atoms with E-state index in [4.69, 9.17) is 0 Å². The molecule has 2 N–H and O–H groups in total. The number of hydrogen-bond acceptors (Lipinski definition) is 5. The average Bonchev–Trinajstić information content (AvgIpc) is 2.74. The minimum atomic E-state index is -0.409. The van der Waals surface area contributed by atoms with Gasteiger partial charge in [-0.05, 0) is 35.1 Å². The summed E-state index contributed by atoms with van der Waals surface area (Å²) in [6.07, 6.45) is 4.04. The molecule has 2 rings (SSSR count). The second-order valence-corrected chi connectivity index (χ2v) is 10.1. The molecule has 0 amide bonds. The van der Waals surface area contributed by atoms with Gasteiger partial charge in [0.2, 0.25) is 0 Å². The Morgan fingerprint density at radius 1 is 0.733 bits per heavy atom. The zero-order chi connectivity index (χ0) is 21.8. The van der Waals surface area contributed by atoms with Crippen LogP contribution in [0.2, 0.25) is 0 Å². The number of rotatable bonds is 14. The third kappa shape index (κ3) is 9.80. The highest BCUT2D eigenvalue weighted by molar-refractivity contribution is 7.98. The van der Waals surface area contributed by atoms with Crippen LogP contribution in [0, 0.1) is 0 Å². The first kappa shape index (κ1) is 25.2. The molecule has 0 aliphatic rings. The lowest BCUT2D eigenvalue weighted by Crippen LogP contribution is -2.22. The predicted molar refractivity (Wildman–Crippen MR) is 139 cm³/mol. The molecule has 2 unspecified atom stereocenters. The number of thiol groups is 1. The Hall–Kier alpha value is -1.11. The first-order valence-corrected chi connectivity index (χ1v) is 12.9. The normalized spacial score (nSPS) is 14.1. The van der Waals surface area contributed by atoms with E-state index in [9.17, 15) is 10.2 Å². The smallest absolute Gasteiger partial charge is 0.0641 e. The molecule has 0 fully saturated rings. The van der Waals surface area contributed by atoms with E-state index in [2.05, 4.69) is 74.3 Å². The SMILES string of the molecule is C=Cc1ccc(CSCC(O)CC(S)CC(O)CSCc2ccc(C=C)cc2)cc1. The molecule has 0 aromatic heterocycles. The minimum absolute atomic E-state index is 0.00468. The summed E-state index contributed by atoms with van der Waals surface area (Å²) >= 11 is 8.02. The van der Waals surface area contributed by atoms with Crippen molar-refractivity contribution in [3.63, 3.8) is 0 Å². The van der Waals surface area contributed by atoms with E-state index in [1.54, 1.807) is 23.5 Å². The third-order valence-electron chi connectivity index (χ3n) is 4.68. The van der Waals surface area contributed by atoms with Gasteiger partial charge in [0.05, 0.1) is 12.2 Å². The molecule has 0 radical (unpaired) electrons. The topological polar surface area (TPSA) is 40.5 Å². The molecule has 0 heterocycles. The van der Waals surface area contributed by atoms with Crippen molar-refractivity contribution in [1.29, 1.82) is 0 Å². The Bertz CT molecular complexity index is 693. The summed E-state index contributed by atoms with van der Waals surface area (Å²) in [6.45, 7) is 7.52. The molecule has 0 aliphatic heterocycles. The highest BCUT2D eigenvalue weighted by Crippen LogP contribution is 2.21. The van der Waals surface area contributed by atoms with Crippen molar-refractivity contribution in [1.82, 2.24) is 0 Å². The van der Waals surface area contributed by atoms with Crippen LogP contribution in [-0.4, -0.2) is 39.2 Å². The molecule has 5 heteroatoms. The molecule has 2 nitrogen and oxygen atoms in total. The maximum atomic E-state index is 10.3. The van der Waals surface area contributed by atoms with E-state index in [1.807, 2.05) is 12.2 Å². The van der Waals surface area contributed by atoms with Gasteiger partial charge in [0.1, 0.15) is 0 Å². The first-order chi connectivity index (χ1) is 14.5. The van der Waals surface area contributed by atoms with E-state index in [0.29, 0.717) is 24.3 Å². The number of thioether (sulfide) groups is 2. The van der Waals surface area contributed by atoms with Crippen LogP contribution in [0.4, 0.5) is 0 Å². The van der Waals surface area contributed by atoms with Gasteiger partial charge in [-0.25, -0.2) is 0 Å². The molecular formula is C25H32O2S3. The molecule has 0 spiro atoms. The summed E-state index contributed by atoms with van der Waals surface area (Å²) in [6, 6.07) is 16.6. The van der Waals surface area contributed by atoms with Crippen molar-refractivity contribution in [3.8, 4) is 0 Å². The lowest BCUT2D eigenvalue weighted by Gasteiger charge is -2.18. The van der Waals surface area contributed by atoms with Gasteiger partial charge in [-0.1, -0.05) is 73.8 Å². The van der Waals surface area contributed by atoms with Gasteiger partial charge >= 0.3 is 0 Å². The van der Waals surface area contributed by atoms with Crippen molar-refractivity contribution in [2.75, 3.05) is 11.5 Å². The van der Waals surface area contributed by atoms with Crippen LogP contribution in [0.3, 0.4) is 0 Å². The molecule has 2 aromatic rings. The van der Waals surface area contributed by atoms with Crippen LogP contribution < -0.4 is 0 Å². The third-order valence-corrected chi connectivity index (χ3v) is 7.41. The Kier molecular flexibility index (Phi) is 11.8. The summed E-state index contributed by atoms with van der Waals surface area (Å²) in [5, 5.41) is 20.6. The second-order valence-electron chi connectivity index (χ2n) is 7.35. The van der Waals surface area contributed by atoms with Crippen molar-refractivity contribution >= 4 is 48.3 Å². The standard InChI is InChI=1S/C25H32O2S3/c1-3-19-5-9-21(10-6-19)15-29-17-23(26)13-25(28)14-24(27)18-30-16-22-11-7-20(4-2)8-12-22/h3-12,23-28H,1-2,13-18H2. The van der Waals surface area contributed by atoms with Crippen molar-refractivity contribution in [2.45, 2.75) is 41.8 Å². The summed E-state index contributed by atoms with van der Waals surface area (Å²) in [5.41, 5.74) is 4.71. The lowest BCUT2D eigenvalue weighted by atomic mass is 10.1. The maximum Gasteiger partial charge on any atom is 0.0641 e. The number of benzene rings is 2. The number of hydrogen-bond donors (Lipinski definition) is 3. The zero-order valence-electron chi connectivity index (χ0n) is 17.3. The summed E-state index contributed by atoms with van der Waals surface area (Å²) < 4.78 is 0. The van der Waals surface area contributed by atoms with Crippen molar-refractivity contribution in [3.05, 3.63) is 83.9 Å². The highest BCUT2D eigenvalue weighted by Gasteiger charge is 2.16. The Morgan fingerprint density at radius 3 is 1.43 bits per heavy atom. The first-order valence-electron chi connectivity index (χ1n) is 10.1. The highest BCUT2D eigenvalue weighted by atomic mass is 32.2. The Labute approximate surface area is 195 Å². The predicted octanol–water partition coefficient (Wildman–Crippen LogP) is 5.94. The fourth-order valence-corrected chi connectivity index (χ4v) is 5.38. The van der Waals surface area contributed by atoms with Crippen LogP contribution in [0.15, 0.2) is 61.7 Å². The van der Waals surface area contributed by atoms with E-state index >= 15 is 0 Å². The Morgan fingerprint density at radius 2 is 1.10 bits per heavy atom. The van der Waals surface area contributed by atoms with Gasteiger partial charge in [0.15, 0.2) is 0 Å². The molecule has 2 atom stereocenters. The van der Waals surface area contributed by atoms with Gasteiger partial charge in [-0.3, -0.25) is 0 Å². The molecular weight excluding hydrogens is 428 g/mol. The summed E-state index contributed by atoms with van der Waals surface area (Å²) in [5.74, 6) is 3.09. The number of aliphatic hydroxyl groups is 2. The maximum absolute atomic E-state index is 10.3. The van der Waals surface area contributed by atoms with Crippen LogP contribution in [0.5, 0.6) is 0 Å². The molecule has 0 bridgehead atoms. The Balaban J connectivity index is 1.59.